The van der Waals surface area contributed by atoms with Crippen LogP contribution in [0.4, 0.5) is 0 Å². The number of rotatable bonds is 5. The number of nitrogens with zero attached hydrogens (tertiary/aromatic N) is 1. The summed E-state index contributed by atoms with van der Waals surface area (Å²) in [4.78, 5) is 17.1. The zero-order chi connectivity index (χ0) is 18.3. The van der Waals surface area contributed by atoms with Crippen molar-refractivity contribution in [3.05, 3.63) is 46.7 Å². The van der Waals surface area contributed by atoms with Crippen LogP contribution in [0, 0.1) is 0 Å². The maximum absolute atomic E-state index is 11.2. The predicted molar refractivity (Wildman–Crippen MR) is 101 cm³/mol. The SMILES string of the molecule is CCCN1CC(COC(C)=O)=C[C@@H]2c3cccc4[nH]c(CO)c(c34)C[C@H]21. The Morgan fingerprint density at radius 1 is 1.42 bits per heavy atom. The molecule has 138 valence electrons. The zero-order valence-electron chi connectivity index (χ0n) is 15.4. The van der Waals surface area contributed by atoms with E-state index in [9.17, 15) is 9.90 Å². The Morgan fingerprint density at radius 2 is 2.27 bits per heavy atom. The van der Waals surface area contributed by atoms with Gasteiger partial charge in [-0.05, 0) is 42.2 Å². The quantitative estimate of drug-likeness (QED) is 0.640. The highest BCUT2D eigenvalue weighted by atomic mass is 16.5. The molecule has 2 aromatic rings. The van der Waals surface area contributed by atoms with Crippen molar-refractivity contribution in [2.24, 2.45) is 0 Å². The van der Waals surface area contributed by atoms with Crippen LogP contribution in [-0.2, 0) is 22.6 Å². The van der Waals surface area contributed by atoms with Gasteiger partial charge in [-0.25, -0.2) is 0 Å². The van der Waals surface area contributed by atoms with Crippen molar-refractivity contribution in [3.8, 4) is 0 Å². The maximum atomic E-state index is 11.2. The normalized spacial score (nSPS) is 22.2. The fourth-order valence-corrected chi connectivity index (χ4v) is 4.64. The average molecular weight is 354 g/mol. The number of carbonyl (C=O) groups is 1. The number of ether oxygens (including phenoxy) is 1. The molecule has 0 bridgehead atoms. The fraction of sp³-hybridized carbons (Fsp3) is 0.476. The number of carbonyl (C=O) groups excluding carboxylic acids is 1. The van der Waals surface area contributed by atoms with Gasteiger partial charge >= 0.3 is 5.97 Å². The van der Waals surface area contributed by atoms with Crippen LogP contribution in [0.2, 0.25) is 0 Å². The average Bonchev–Trinajstić information content (AvgIpc) is 3.00. The van der Waals surface area contributed by atoms with Crippen molar-refractivity contribution in [1.29, 1.82) is 0 Å². The second kappa shape index (κ2) is 6.89. The summed E-state index contributed by atoms with van der Waals surface area (Å²) in [6.45, 7) is 5.93. The van der Waals surface area contributed by atoms with Crippen LogP contribution in [0.5, 0.6) is 0 Å². The van der Waals surface area contributed by atoms with E-state index in [1.807, 2.05) is 0 Å². The van der Waals surface area contributed by atoms with E-state index in [1.54, 1.807) is 0 Å². The van der Waals surface area contributed by atoms with Gasteiger partial charge in [-0.3, -0.25) is 9.69 Å². The predicted octanol–water partition coefficient (Wildman–Crippen LogP) is 2.88. The van der Waals surface area contributed by atoms with Gasteiger partial charge in [0.05, 0.1) is 6.61 Å². The molecule has 1 aromatic heterocycles. The molecule has 0 fully saturated rings. The van der Waals surface area contributed by atoms with Gasteiger partial charge in [0, 0.05) is 42.0 Å². The second-order valence-electron chi connectivity index (χ2n) is 7.38. The molecule has 2 atom stereocenters. The van der Waals surface area contributed by atoms with Gasteiger partial charge in [0.25, 0.3) is 0 Å². The van der Waals surface area contributed by atoms with E-state index in [4.69, 9.17) is 4.74 Å². The van der Waals surface area contributed by atoms with Gasteiger partial charge in [0.15, 0.2) is 0 Å². The van der Waals surface area contributed by atoms with Crippen molar-refractivity contribution < 1.29 is 14.6 Å². The Labute approximate surface area is 153 Å². The first kappa shape index (κ1) is 17.3. The molecule has 0 spiro atoms. The molecular formula is C21H26N2O3. The minimum atomic E-state index is -0.235. The molecule has 0 saturated heterocycles. The first-order valence-corrected chi connectivity index (χ1v) is 9.42. The van der Waals surface area contributed by atoms with Crippen molar-refractivity contribution in [1.82, 2.24) is 9.88 Å². The Balaban J connectivity index is 1.79. The fourth-order valence-electron chi connectivity index (χ4n) is 4.64. The number of benzene rings is 1. The van der Waals surface area contributed by atoms with Gasteiger partial charge in [-0.15, -0.1) is 0 Å². The zero-order valence-corrected chi connectivity index (χ0v) is 15.4. The number of nitrogens with one attached hydrogen (secondary N) is 1. The van der Waals surface area contributed by atoms with E-state index in [-0.39, 0.29) is 12.6 Å². The highest BCUT2D eigenvalue weighted by Gasteiger charge is 2.37. The third-order valence-electron chi connectivity index (χ3n) is 5.66. The Bertz CT molecular complexity index is 868. The van der Waals surface area contributed by atoms with Crippen molar-refractivity contribution >= 4 is 16.9 Å². The minimum absolute atomic E-state index is 0.0438. The van der Waals surface area contributed by atoms with E-state index in [0.29, 0.717) is 18.6 Å². The molecule has 2 heterocycles. The lowest BCUT2D eigenvalue weighted by Crippen LogP contribution is -2.47. The second-order valence-corrected chi connectivity index (χ2v) is 7.38. The first-order chi connectivity index (χ1) is 12.6. The molecule has 4 rings (SSSR count). The molecule has 1 aliphatic carbocycles. The standard InChI is InChI=1S/C21H26N2O3/c1-3-7-23-10-14(12-26-13(2)25)8-16-15-5-4-6-18-21(15)17(9-20(16)23)19(11-24)22-18/h4-6,8,16,20,22,24H,3,7,9-12H2,1-2H3/t16-,20-/m1/s1. The summed E-state index contributed by atoms with van der Waals surface area (Å²) in [5.74, 6) is 0.0562. The molecule has 1 aromatic carbocycles. The summed E-state index contributed by atoms with van der Waals surface area (Å²) in [6.07, 6.45) is 4.33. The Hall–Kier alpha value is -2.11. The third-order valence-corrected chi connectivity index (χ3v) is 5.66. The Kier molecular flexibility index (Phi) is 4.59. The highest BCUT2D eigenvalue weighted by Crippen LogP contribution is 2.43. The molecule has 2 N–H and O–H groups in total. The lowest BCUT2D eigenvalue weighted by Gasteiger charge is -2.43. The van der Waals surface area contributed by atoms with Gasteiger partial charge in [-0.1, -0.05) is 25.1 Å². The van der Waals surface area contributed by atoms with E-state index in [0.717, 1.165) is 37.1 Å². The van der Waals surface area contributed by atoms with E-state index in [2.05, 4.69) is 41.1 Å². The highest BCUT2D eigenvalue weighted by molar-refractivity contribution is 5.90. The minimum Gasteiger partial charge on any atom is -0.461 e. The number of hydrogen-bond donors (Lipinski definition) is 2. The number of aliphatic hydroxyl groups excluding tert-OH is 1. The number of aliphatic hydroxyl groups is 1. The van der Waals surface area contributed by atoms with E-state index >= 15 is 0 Å². The molecule has 0 radical (unpaired) electrons. The van der Waals surface area contributed by atoms with Crippen LogP contribution < -0.4 is 0 Å². The molecular weight excluding hydrogens is 328 g/mol. The monoisotopic (exact) mass is 354 g/mol. The van der Waals surface area contributed by atoms with Gasteiger partial charge < -0.3 is 14.8 Å². The number of hydrogen-bond acceptors (Lipinski definition) is 4. The van der Waals surface area contributed by atoms with E-state index < -0.39 is 0 Å². The molecule has 5 nitrogen and oxygen atoms in total. The molecule has 2 aliphatic rings. The smallest absolute Gasteiger partial charge is 0.302 e. The summed E-state index contributed by atoms with van der Waals surface area (Å²) in [6, 6.07) is 6.75. The molecule has 0 saturated carbocycles. The van der Waals surface area contributed by atoms with Crippen LogP contribution in [0.3, 0.4) is 0 Å². The van der Waals surface area contributed by atoms with E-state index in [1.165, 1.54) is 29.0 Å². The molecule has 0 amide bonds. The summed E-state index contributed by atoms with van der Waals surface area (Å²) in [7, 11) is 0. The number of aromatic nitrogens is 1. The largest absolute Gasteiger partial charge is 0.461 e. The molecule has 26 heavy (non-hydrogen) atoms. The van der Waals surface area contributed by atoms with Crippen molar-refractivity contribution in [2.45, 2.75) is 45.3 Å². The van der Waals surface area contributed by atoms with Crippen LogP contribution in [0.1, 0.15) is 43.0 Å². The Morgan fingerprint density at radius 3 is 3.00 bits per heavy atom. The number of H-pyrrole nitrogens is 1. The number of aromatic amines is 1. The molecule has 0 unspecified atom stereocenters. The van der Waals surface area contributed by atoms with Crippen LogP contribution in [-0.4, -0.2) is 46.7 Å². The molecule has 5 heteroatoms. The van der Waals surface area contributed by atoms with Crippen LogP contribution in [0.25, 0.3) is 10.9 Å². The van der Waals surface area contributed by atoms with Gasteiger partial charge in [0.2, 0.25) is 0 Å². The maximum Gasteiger partial charge on any atom is 0.302 e. The summed E-state index contributed by atoms with van der Waals surface area (Å²) < 4.78 is 5.28. The lowest BCUT2D eigenvalue weighted by molar-refractivity contribution is -0.140. The van der Waals surface area contributed by atoms with Crippen molar-refractivity contribution in [3.63, 3.8) is 0 Å². The summed E-state index contributed by atoms with van der Waals surface area (Å²) >= 11 is 0. The molecule has 1 aliphatic heterocycles. The first-order valence-electron chi connectivity index (χ1n) is 9.42. The van der Waals surface area contributed by atoms with Crippen LogP contribution in [0.15, 0.2) is 29.8 Å². The third kappa shape index (κ3) is 2.85. The number of esters is 1. The topological polar surface area (TPSA) is 65.6 Å². The summed E-state index contributed by atoms with van der Waals surface area (Å²) in [5.41, 5.74) is 5.79. The van der Waals surface area contributed by atoms with Crippen molar-refractivity contribution in [2.75, 3.05) is 19.7 Å². The number of fused-ring (bicyclic) bond motifs is 2. The summed E-state index contributed by atoms with van der Waals surface area (Å²) in [5, 5.41) is 11.1. The van der Waals surface area contributed by atoms with Gasteiger partial charge in [-0.2, -0.15) is 0 Å². The van der Waals surface area contributed by atoms with Gasteiger partial charge in [0.1, 0.15) is 6.61 Å². The lowest BCUT2D eigenvalue weighted by atomic mass is 9.76. The van der Waals surface area contributed by atoms with Crippen LogP contribution >= 0.6 is 0 Å².